The molecule has 0 spiro atoms. The van der Waals surface area contributed by atoms with Crippen LogP contribution in [0.3, 0.4) is 0 Å². The quantitative estimate of drug-likeness (QED) is 0.931. The summed E-state index contributed by atoms with van der Waals surface area (Å²) in [5, 5.41) is 2.92. The number of ether oxygens (including phenoxy) is 1. The Morgan fingerprint density at radius 2 is 2.18 bits per heavy atom. The molecule has 0 bridgehead atoms. The second-order valence-corrected chi connectivity index (χ2v) is 5.41. The van der Waals surface area contributed by atoms with Crippen LogP contribution < -0.4 is 5.32 Å². The van der Waals surface area contributed by atoms with E-state index in [9.17, 15) is 4.79 Å². The van der Waals surface area contributed by atoms with Crippen molar-refractivity contribution in [3.05, 3.63) is 34.3 Å². The summed E-state index contributed by atoms with van der Waals surface area (Å²) >= 11 is 3.38. The van der Waals surface area contributed by atoms with Crippen molar-refractivity contribution >= 4 is 21.8 Å². The topological polar surface area (TPSA) is 38.3 Å². The van der Waals surface area contributed by atoms with Crippen molar-refractivity contribution in [2.45, 2.75) is 31.9 Å². The highest BCUT2D eigenvalue weighted by atomic mass is 79.9. The van der Waals surface area contributed by atoms with Gasteiger partial charge in [0.25, 0.3) is 5.91 Å². The zero-order valence-corrected chi connectivity index (χ0v) is 11.4. The van der Waals surface area contributed by atoms with E-state index in [0.29, 0.717) is 13.2 Å². The van der Waals surface area contributed by atoms with E-state index in [1.54, 1.807) is 0 Å². The van der Waals surface area contributed by atoms with E-state index in [1.165, 1.54) is 0 Å². The molecule has 1 aliphatic rings. The van der Waals surface area contributed by atoms with Crippen LogP contribution in [0.1, 0.15) is 25.3 Å². The summed E-state index contributed by atoms with van der Waals surface area (Å²) in [6, 6.07) is 7.91. The molecular formula is C13H16BrNO2. The highest BCUT2D eigenvalue weighted by Crippen LogP contribution is 2.25. The largest absolute Gasteiger partial charge is 0.365 e. The summed E-state index contributed by atoms with van der Waals surface area (Å²) in [6.07, 6.45) is 1.77. The predicted molar refractivity (Wildman–Crippen MR) is 69.6 cm³/mol. The van der Waals surface area contributed by atoms with Gasteiger partial charge in [0.05, 0.1) is 0 Å². The lowest BCUT2D eigenvalue weighted by atomic mass is 10.0. The van der Waals surface area contributed by atoms with Crippen molar-refractivity contribution in [3.63, 3.8) is 0 Å². The fraction of sp³-hybridized carbons (Fsp3) is 0.462. The normalized spacial score (nSPS) is 23.6. The van der Waals surface area contributed by atoms with Crippen molar-refractivity contribution < 1.29 is 9.53 Å². The Hall–Kier alpha value is -0.870. The monoisotopic (exact) mass is 297 g/mol. The van der Waals surface area contributed by atoms with Gasteiger partial charge in [0.2, 0.25) is 0 Å². The van der Waals surface area contributed by atoms with Crippen LogP contribution in [0.4, 0.5) is 0 Å². The van der Waals surface area contributed by atoms with Crippen LogP contribution in [0.5, 0.6) is 0 Å². The van der Waals surface area contributed by atoms with Crippen LogP contribution >= 0.6 is 15.9 Å². The summed E-state index contributed by atoms with van der Waals surface area (Å²) in [5.74, 6) is -0.0158. The van der Waals surface area contributed by atoms with Crippen LogP contribution in [-0.4, -0.2) is 18.1 Å². The van der Waals surface area contributed by atoms with E-state index in [-0.39, 0.29) is 5.91 Å². The standard InChI is InChI=1S/C13H16BrNO2/c1-13(7-2-8-17-13)12(16)15-9-10-3-5-11(14)6-4-10/h3-6H,2,7-9H2,1H3,(H,15,16). The van der Waals surface area contributed by atoms with E-state index in [0.717, 1.165) is 22.9 Å². The van der Waals surface area contributed by atoms with E-state index >= 15 is 0 Å². The van der Waals surface area contributed by atoms with Crippen LogP contribution in [0.2, 0.25) is 0 Å². The molecule has 17 heavy (non-hydrogen) atoms. The molecule has 1 saturated heterocycles. The zero-order chi connectivity index (χ0) is 12.3. The van der Waals surface area contributed by atoms with Crippen LogP contribution in [0, 0.1) is 0 Å². The molecule has 1 unspecified atom stereocenters. The van der Waals surface area contributed by atoms with Gasteiger partial charge in [-0.15, -0.1) is 0 Å². The van der Waals surface area contributed by atoms with Gasteiger partial charge in [0.1, 0.15) is 5.60 Å². The number of carbonyl (C=O) groups excluding carboxylic acids is 1. The molecule has 0 aliphatic carbocycles. The number of carbonyl (C=O) groups is 1. The number of halogens is 1. The second-order valence-electron chi connectivity index (χ2n) is 4.49. The summed E-state index contributed by atoms with van der Waals surface area (Å²) in [6.45, 7) is 3.09. The first-order valence-corrected chi connectivity index (χ1v) is 6.56. The molecule has 0 radical (unpaired) electrons. The van der Waals surface area contributed by atoms with Crippen LogP contribution in [0.15, 0.2) is 28.7 Å². The number of rotatable bonds is 3. The lowest BCUT2D eigenvalue weighted by Crippen LogP contribution is -2.43. The van der Waals surface area contributed by atoms with Crippen molar-refractivity contribution in [1.82, 2.24) is 5.32 Å². The summed E-state index contributed by atoms with van der Waals surface area (Å²) in [5.41, 5.74) is 0.457. The Bertz CT molecular complexity index is 396. The molecule has 92 valence electrons. The number of nitrogens with one attached hydrogen (secondary N) is 1. The Labute approximate surface area is 110 Å². The second kappa shape index (κ2) is 5.19. The van der Waals surface area contributed by atoms with E-state index < -0.39 is 5.60 Å². The van der Waals surface area contributed by atoms with Gasteiger partial charge in [-0.25, -0.2) is 0 Å². The van der Waals surface area contributed by atoms with E-state index in [2.05, 4.69) is 21.2 Å². The summed E-state index contributed by atoms with van der Waals surface area (Å²) in [7, 11) is 0. The first-order chi connectivity index (χ1) is 8.10. The fourth-order valence-electron chi connectivity index (χ4n) is 1.93. The summed E-state index contributed by atoms with van der Waals surface area (Å²) in [4.78, 5) is 12.0. The predicted octanol–water partition coefficient (Wildman–Crippen LogP) is 2.63. The maximum atomic E-state index is 12.0. The third-order valence-electron chi connectivity index (χ3n) is 3.07. The van der Waals surface area contributed by atoms with Gasteiger partial charge in [-0.1, -0.05) is 28.1 Å². The third-order valence-corrected chi connectivity index (χ3v) is 3.59. The molecule has 1 amide bonds. The van der Waals surface area contributed by atoms with Crippen molar-refractivity contribution in [2.75, 3.05) is 6.61 Å². The van der Waals surface area contributed by atoms with E-state index in [1.807, 2.05) is 31.2 Å². The molecule has 1 aliphatic heterocycles. The number of amides is 1. The minimum atomic E-state index is -0.630. The molecule has 0 aromatic heterocycles. The maximum Gasteiger partial charge on any atom is 0.252 e. The highest BCUT2D eigenvalue weighted by molar-refractivity contribution is 9.10. The number of benzene rings is 1. The molecule has 1 atom stereocenters. The molecule has 4 heteroatoms. The smallest absolute Gasteiger partial charge is 0.252 e. The molecule has 1 heterocycles. The Morgan fingerprint density at radius 3 is 2.76 bits per heavy atom. The Morgan fingerprint density at radius 1 is 1.47 bits per heavy atom. The molecular weight excluding hydrogens is 282 g/mol. The molecule has 1 N–H and O–H groups in total. The lowest BCUT2D eigenvalue weighted by molar-refractivity contribution is -0.139. The van der Waals surface area contributed by atoms with Crippen LogP contribution in [-0.2, 0) is 16.1 Å². The van der Waals surface area contributed by atoms with Gasteiger partial charge in [-0.2, -0.15) is 0 Å². The van der Waals surface area contributed by atoms with Gasteiger partial charge in [-0.05, 0) is 37.5 Å². The highest BCUT2D eigenvalue weighted by Gasteiger charge is 2.37. The molecule has 1 aromatic carbocycles. The minimum Gasteiger partial charge on any atom is -0.365 e. The van der Waals surface area contributed by atoms with Gasteiger partial charge in [-0.3, -0.25) is 4.79 Å². The first kappa shape index (κ1) is 12.6. The number of hydrogen-bond donors (Lipinski definition) is 1. The molecule has 1 fully saturated rings. The number of hydrogen-bond acceptors (Lipinski definition) is 2. The molecule has 2 rings (SSSR count). The Kier molecular flexibility index (Phi) is 3.84. The molecule has 0 saturated carbocycles. The Balaban J connectivity index is 1.89. The summed E-state index contributed by atoms with van der Waals surface area (Å²) < 4.78 is 6.53. The van der Waals surface area contributed by atoms with Gasteiger partial charge in [0.15, 0.2) is 0 Å². The van der Waals surface area contributed by atoms with Crippen molar-refractivity contribution in [3.8, 4) is 0 Å². The third kappa shape index (κ3) is 3.07. The average Bonchev–Trinajstić information content (AvgIpc) is 2.76. The maximum absolute atomic E-state index is 12.0. The SMILES string of the molecule is CC1(C(=O)NCc2ccc(Br)cc2)CCCO1. The molecule has 3 nitrogen and oxygen atoms in total. The fourth-order valence-corrected chi connectivity index (χ4v) is 2.19. The zero-order valence-electron chi connectivity index (χ0n) is 9.83. The van der Waals surface area contributed by atoms with Gasteiger partial charge >= 0.3 is 0 Å². The van der Waals surface area contributed by atoms with Gasteiger partial charge in [0, 0.05) is 17.6 Å². The lowest BCUT2D eigenvalue weighted by Gasteiger charge is -2.21. The van der Waals surface area contributed by atoms with E-state index in [4.69, 9.17) is 4.74 Å². The van der Waals surface area contributed by atoms with Crippen molar-refractivity contribution in [1.29, 1.82) is 0 Å². The van der Waals surface area contributed by atoms with Crippen molar-refractivity contribution in [2.24, 2.45) is 0 Å². The minimum absolute atomic E-state index is 0.0158. The molecule has 1 aromatic rings. The average molecular weight is 298 g/mol. The van der Waals surface area contributed by atoms with Crippen LogP contribution in [0.25, 0.3) is 0 Å². The first-order valence-electron chi connectivity index (χ1n) is 5.77. The van der Waals surface area contributed by atoms with Gasteiger partial charge < -0.3 is 10.1 Å².